The Labute approximate surface area is 101 Å². The predicted octanol–water partition coefficient (Wildman–Crippen LogP) is 3.50. The molecule has 1 saturated carbocycles. The molecule has 7 heteroatoms. The lowest BCUT2D eigenvalue weighted by Crippen LogP contribution is -2.17. The summed E-state index contributed by atoms with van der Waals surface area (Å²) in [6.45, 7) is 0. The minimum Gasteiger partial charge on any atom is -0.351 e. The second-order valence-corrected chi connectivity index (χ2v) is 4.38. The number of hydrogen-bond acceptors (Lipinski definition) is 3. The van der Waals surface area contributed by atoms with Crippen LogP contribution in [0.15, 0.2) is 6.20 Å². The fourth-order valence-electron chi connectivity index (χ4n) is 1.87. The molecule has 0 unspecified atom stereocenters. The molecule has 0 radical (unpaired) electrons. The number of anilines is 1. The summed E-state index contributed by atoms with van der Waals surface area (Å²) in [5.74, 6) is 0.162. The van der Waals surface area contributed by atoms with E-state index < -0.39 is 16.9 Å². The van der Waals surface area contributed by atoms with Gasteiger partial charge in [0.1, 0.15) is 10.7 Å². The number of aromatic nitrogens is 2. The highest BCUT2D eigenvalue weighted by atomic mass is 35.5. The molecule has 94 valence electrons. The molecule has 0 aliphatic heterocycles. The standard InChI is InChI=1S/C10H11ClF3N3/c11-8-7(10(12,13)14)5-15-9(17-8)16-6-3-1-2-4-6/h5-6H,1-4H2,(H,15,16,17). The summed E-state index contributed by atoms with van der Waals surface area (Å²) < 4.78 is 37.2. The van der Waals surface area contributed by atoms with E-state index in [9.17, 15) is 13.2 Å². The number of hydrogen-bond donors (Lipinski definition) is 1. The Morgan fingerprint density at radius 3 is 2.47 bits per heavy atom. The first-order valence-electron chi connectivity index (χ1n) is 5.33. The number of halogens is 4. The number of alkyl halides is 3. The molecule has 1 aromatic heterocycles. The normalized spacial score (nSPS) is 17.4. The van der Waals surface area contributed by atoms with E-state index in [1.54, 1.807) is 0 Å². The van der Waals surface area contributed by atoms with E-state index in [0.29, 0.717) is 6.20 Å². The fourth-order valence-corrected chi connectivity index (χ4v) is 2.11. The van der Waals surface area contributed by atoms with E-state index in [2.05, 4.69) is 15.3 Å². The van der Waals surface area contributed by atoms with Crippen LogP contribution in [0.3, 0.4) is 0 Å². The molecular weight excluding hydrogens is 255 g/mol. The van der Waals surface area contributed by atoms with E-state index in [-0.39, 0.29) is 12.0 Å². The Kier molecular flexibility index (Phi) is 3.42. The summed E-state index contributed by atoms with van der Waals surface area (Å²) in [6, 6.07) is 0.239. The van der Waals surface area contributed by atoms with Crippen LogP contribution in [-0.2, 0) is 6.18 Å². The van der Waals surface area contributed by atoms with Crippen molar-refractivity contribution in [2.45, 2.75) is 37.9 Å². The van der Waals surface area contributed by atoms with Crippen LogP contribution in [-0.4, -0.2) is 16.0 Å². The molecule has 3 nitrogen and oxygen atoms in total. The zero-order valence-electron chi connectivity index (χ0n) is 8.89. The molecule has 1 fully saturated rings. The largest absolute Gasteiger partial charge is 0.420 e. The topological polar surface area (TPSA) is 37.8 Å². The predicted molar refractivity (Wildman–Crippen MR) is 57.9 cm³/mol. The van der Waals surface area contributed by atoms with Crippen molar-refractivity contribution in [3.63, 3.8) is 0 Å². The first-order chi connectivity index (χ1) is 7.97. The third-order valence-electron chi connectivity index (χ3n) is 2.74. The van der Waals surface area contributed by atoms with Gasteiger partial charge >= 0.3 is 6.18 Å². The molecule has 1 aromatic rings. The average molecular weight is 266 g/mol. The van der Waals surface area contributed by atoms with Crippen LogP contribution in [0.1, 0.15) is 31.2 Å². The van der Waals surface area contributed by atoms with E-state index in [4.69, 9.17) is 11.6 Å². The highest BCUT2D eigenvalue weighted by Crippen LogP contribution is 2.33. The van der Waals surface area contributed by atoms with E-state index in [1.807, 2.05) is 0 Å². The summed E-state index contributed by atoms with van der Waals surface area (Å²) in [4.78, 5) is 7.27. The van der Waals surface area contributed by atoms with Crippen LogP contribution >= 0.6 is 11.6 Å². The van der Waals surface area contributed by atoms with Gasteiger partial charge in [0.25, 0.3) is 0 Å². The summed E-state index contributed by atoms with van der Waals surface area (Å²) in [5, 5.41) is 2.42. The molecule has 0 saturated heterocycles. The molecule has 2 rings (SSSR count). The van der Waals surface area contributed by atoms with Crippen molar-refractivity contribution in [1.82, 2.24) is 9.97 Å². The fraction of sp³-hybridized carbons (Fsp3) is 0.600. The van der Waals surface area contributed by atoms with Gasteiger partial charge in [0, 0.05) is 12.2 Å². The van der Waals surface area contributed by atoms with Gasteiger partial charge in [-0.25, -0.2) is 9.97 Å². The van der Waals surface area contributed by atoms with Crippen molar-refractivity contribution < 1.29 is 13.2 Å². The van der Waals surface area contributed by atoms with Crippen LogP contribution in [0.4, 0.5) is 19.1 Å². The van der Waals surface area contributed by atoms with Crippen molar-refractivity contribution in [3.8, 4) is 0 Å². The first kappa shape index (κ1) is 12.4. The van der Waals surface area contributed by atoms with Gasteiger partial charge in [0.2, 0.25) is 5.95 Å². The zero-order chi connectivity index (χ0) is 12.5. The van der Waals surface area contributed by atoms with Gasteiger partial charge in [0.15, 0.2) is 0 Å². The molecule has 0 amide bonds. The van der Waals surface area contributed by atoms with Gasteiger partial charge in [-0.3, -0.25) is 0 Å². The highest BCUT2D eigenvalue weighted by molar-refractivity contribution is 6.30. The average Bonchev–Trinajstić information content (AvgIpc) is 2.68. The zero-order valence-corrected chi connectivity index (χ0v) is 9.65. The van der Waals surface area contributed by atoms with Crippen LogP contribution in [0.5, 0.6) is 0 Å². The van der Waals surface area contributed by atoms with Gasteiger partial charge in [0.05, 0.1) is 0 Å². The van der Waals surface area contributed by atoms with Gasteiger partial charge in [-0.05, 0) is 12.8 Å². The van der Waals surface area contributed by atoms with Gasteiger partial charge in [-0.1, -0.05) is 24.4 Å². The lowest BCUT2D eigenvalue weighted by molar-refractivity contribution is -0.137. The van der Waals surface area contributed by atoms with Crippen molar-refractivity contribution in [3.05, 3.63) is 16.9 Å². The molecular formula is C10H11ClF3N3. The van der Waals surface area contributed by atoms with Crippen LogP contribution in [0.25, 0.3) is 0 Å². The number of nitrogens with zero attached hydrogens (tertiary/aromatic N) is 2. The Morgan fingerprint density at radius 2 is 1.94 bits per heavy atom. The van der Waals surface area contributed by atoms with Crippen molar-refractivity contribution in [2.24, 2.45) is 0 Å². The van der Waals surface area contributed by atoms with E-state index >= 15 is 0 Å². The Bertz CT molecular complexity index is 402. The van der Waals surface area contributed by atoms with Gasteiger partial charge in [-0.15, -0.1) is 0 Å². The minimum atomic E-state index is -4.51. The van der Waals surface area contributed by atoms with Crippen molar-refractivity contribution in [1.29, 1.82) is 0 Å². The molecule has 1 aliphatic rings. The Morgan fingerprint density at radius 1 is 1.29 bits per heavy atom. The minimum absolute atomic E-state index is 0.162. The molecule has 0 aromatic carbocycles. The molecule has 0 bridgehead atoms. The van der Waals surface area contributed by atoms with E-state index in [0.717, 1.165) is 25.7 Å². The van der Waals surface area contributed by atoms with Crippen molar-refractivity contribution >= 4 is 17.5 Å². The summed E-state index contributed by atoms with van der Waals surface area (Å²) >= 11 is 5.49. The highest BCUT2D eigenvalue weighted by Gasteiger charge is 2.34. The Hall–Kier alpha value is -1.04. The third-order valence-corrected chi connectivity index (χ3v) is 3.02. The molecule has 17 heavy (non-hydrogen) atoms. The monoisotopic (exact) mass is 265 g/mol. The number of nitrogens with one attached hydrogen (secondary N) is 1. The SMILES string of the molecule is FC(F)(F)c1cnc(NC2CCCC2)nc1Cl. The second kappa shape index (κ2) is 4.68. The Balaban J connectivity index is 2.13. The smallest absolute Gasteiger partial charge is 0.351 e. The maximum atomic E-state index is 12.4. The van der Waals surface area contributed by atoms with Crippen LogP contribution in [0.2, 0.25) is 5.15 Å². The quantitative estimate of drug-likeness (QED) is 0.832. The molecule has 1 heterocycles. The number of rotatable bonds is 2. The molecule has 1 N–H and O–H groups in total. The van der Waals surface area contributed by atoms with Gasteiger partial charge < -0.3 is 5.32 Å². The maximum Gasteiger partial charge on any atom is 0.420 e. The third kappa shape index (κ3) is 3.00. The lowest BCUT2D eigenvalue weighted by atomic mass is 10.2. The second-order valence-electron chi connectivity index (χ2n) is 4.02. The van der Waals surface area contributed by atoms with Crippen LogP contribution < -0.4 is 5.32 Å². The van der Waals surface area contributed by atoms with Gasteiger partial charge in [-0.2, -0.15) is 13.2 Å². The summed E-state index contributed by atoms with van der Waals surface area (Å²) in [6.07, 6.45) is 0.414. The lowest BCUT2D eigenvalue weighted by Gasteiger charge is -2.13. The molecule has 1 aliphatic carbocycles. The molecule has 0 atom stereocenters. The first-order valence-corrected chi connectivity index (χ1v) is 5.71. The maximum absolute atomic E-state index is 12.4. The molecule has 0 spiro atoms. The van der Waals surface area contributed by atoms with Crippen molar-refractivity contribution in [2.75, 3.05) is 5.32 Å². The summed E-state index contributed by atoms with van der Waals surface area (Å²) in [5.41, 5.74) is -1.00. The van der Waals surface area contributed by atoms with Crippen LogP contribution in [0, 0.1) is 0 Å². The van der Waals surface area contributed by atoms with E-state index in [1.165, 1.54) is 0 Å². The summed E-state index contributed by atoms with van der Waals surface area (Å²) in [7, 11) is 0.